The molecule has 1 unspecified atom stereocenters. The van der Waals surface area contributed by atoms with Crippen molar-refractivity contribution in [1.29, 1.82) is 5.26 Å². The summed E-state index contributed by atoms with van der Waals surface area (Å²) in [5.41, 5.74) is 3.69. The number of ether oxygens (including phenoxy) is 1. The Kier molecular flexibility index (Phi) is 7.46. The first kappa shape index (κ1) is 24.5. The highest BCUT2D eigenvalue weighted by Crippen LogP contribution is 2.31. The molecule has 37 heavy (non-hydrogen) atoms. The van der Waals surface area contributed by atoms with Crippen molar-refractivity contribution in [3.63, 3.8) is 0 Å². The number of benzene rings is 2. The number of ketones is 1. The molecule has 7 nitrogen and oxygen atoms in total. The van der Waals surface area contributed by atoms with Gasteiger partial charge in [0.25, 0.3) is 0 Å². The first-order chi connectivity index (χ1) is 18.2. The Bertz CT molecular complexity index is 1340. The minimum absolute atomic E-state index is 0.201. The number of nitrogens with zero attached hydrogens (tertiary/aromatic N) is 5. The van der Waals surface area contributed by atoms with E-state index in [0.29, 0.717) is 29.6 Å². The van der Waals surface area contributed by atoms with Crippen molar-refractivity contribution < 1.29 is 9.53 Å². The summed E-state index contributed by atoms with van der Waals surface area (Å²) >= 11 is 0. The van der Waals surface area contributed by atoms with E-state index in [2.05, 4.69) is 16.1 Å². The van der Waals surface area contributed by atoms with E-state index in [9.17, 15) is 10.1 Å². The maximum absolute atomic E-state index is 13.5. The van der Waals surface area contributed by atoms with E-state index >= 15 is 0 Å². The molecule has 0 amide bonds. The van der Waals surface area contributed by atoms with Crippen LogP contribution in [0.25, 0.3) is 5.69 Å². The molecule has 1 aromatic heterocycles. The van der Waals surface area contributed by atoms with Gasteiger partial charge < -0.3 is 9.64 Å². The molecule has 3 heterocycles. The molecular weight excluding hydrogens is 462 g/mol. The number of hydrogen-bond acceptors (Lipinski definition) is 6. The first-order valence-electron chi connectivity index (χ1n) is 12.9. The lowest BCUT2D eigenvalue weighted by atomic mass is 9.84. The summed E-state index contributed by atoms with van der Waals surface area (Å²) in [7, 11) is 1.56. The molecule has 5 rings (SSSR count). The molecule has 1 atom stereocenters. The van der Waals surface area contributed by atoms with Crippen LogP contribution in [0, 0.1) is 23.2 Å². The van der Waals surface area contributed by atoms with Gasteiger partial charge in [-0.1, -0.05) is 30.3 Å². The topological polar surface area (TPSA) is 83.5 Å². The molecule has 2 aromatic carbocycles. The lowest BCUT2D eigenvalue weighted by Crippen LogP contribution is -2.35. The summed E-state index contributed by atoms with van der Waals surface area (Å²) in [5, 5.41) is 13.9. The number of hydrogen-bond donors (Lipinski definition) is 0. The SMILES string of the molecule is COC1=CC(CC2CCN(c3ccccc3C#N)CC2)CCN=C(c2ccnn2-c2ccccc2)C1=O. The Labute approximate surface area is 217 Å². The van der Waals surface area contributed by atoms with Crippen LogP contribution in [0.2, 0.25) is 0 Å². The average Bonchev–Trinajstić information content (AvgIpc) is 3.43. The molecule has 0 N–H and O–H groups in total. The minimum atomic E-state index is -0.201. The fourth-order valence-electron chi connectivity index (χ4n) is 5.39. The van der Waals surface area contributed by atoms with Crippen LogP contribution < -0.4 is 4.90 Å². The third-order valence-electron chi connectivity index (χ3n) is 7.32. The van der Waals surface area contributed by atoms with Crippen LogP contribution in [-0.4, -0.2) is 48.0 Å². The van der Waals surface area contributed by atoms with E-state index in [0.717, 1.165) is 55.7 Å². The molecule has 0 saturated carbocycles. The van der Waals surface area contributed by atoms with Crippen molar-refractivity contribution in [2.24, 2.45) is 16.8 Å². The highest BCUT2D eigenvalue weighted by atomic mass is 16.5. The largest absolute Gasteiger partial charge is 0.493 e. The number of allylic oxidation sites excluding steroid dienone is 2. The van der Waals surface area contributed by atoms with Crippen molar-refractivity contribution in [3.05, 3.63) is 90.0 Å². The zero-order valence-electron chi connectivity index (χ0n) is 21.1. The van der Waals surface area contributed by atoms with Crippen LogP contribution in [0.5, 0.6) is 0 Å². The summed E-state index contributed by atoms with van der Waals surface area (Å²) < 4.78 is 7.35. The number of para-hydroxylation sites is 2. The molecule has 0 radical (unpaired) electrons. The van der Waals surface area contributed by atoms with Crippen molar-refractivity contribution in [3.8, 4) is 11.8 Å². The number of rotatable bonds is 6. The summed E-state index contributed by atoms with van der Waals surface area (Å²) in [6, 6.07) is 21.7. The molecule has 0 aliphatic carbocycles. The molecule has 2 aliphatic rings. The quantitative estimate of drug-likeness (QED) is 0.485. The summed E-state index contributed by atoms with van der Waals surface area (Å²) in [6.45, 7) is 2.44. The number of Topliss-reactive ketones (excluding diaryl/α,β-unsaturated/α-hetero) is 1. The summed E-state index contributed by atoms with van der Waals surface area (Å²) in [6.07, 6.45) is 7.69. The van der Waals surface area contributed by atoms with Gasteiger partial charge in [-0.05, 0) is 73.9 Å². The molecule has 0 bridgehead atoms. The van der Waals surface area contributed by atoms with E-state index in [-0.39, 0.29) is 11.7 Å². The van der Waals surface area contributed by atoms with E-state index in [1.54, 1.807) is 18.0 Å². The number of aliphatic imine (C=N–C) groups is 1. The van der Waals surface area contributed by atoms with Gasteiger partial charge in [0.2, 0.25) is 5.78 Å². The maximum atomic E-state index is 13.5. The van der Waals surface area contributed by atoms with Gasteiger partial charge in [-0.25, -0.2) is 4.68 Å². The number of carbonyl (C=O) groups excluding carboxylic acids is 1. The van der Waals surface area contributed by atoms with Crippen LogP contribution in [0.4, 0.5) is 5.69 Å². The van der Waals surface area contributed by atoms with Crippen molar-refractivity contribution in [1.82, 2.24) is 9.78 Å². The zero-order valence-corrected chi connectivity index (χ0v) is 21.1. The van der Waals surface area contributed by atoms with Gasteiger partial charge in [-0.3, -0.25) is 9.79 Å². The highest BCUT2D eigenvalue weighted by molar-refractivity contribution is 6.50. The Morgan fingerprint density at radius 1 is 1.03 bits per heavy atom. The van der Waals surface area contributed by atoms with Crippen LogP contribution >= 0.6 is 0 Å². The third kappa shape index (κ3) is 5.34. The molecule has 3 aromatic rings. The fourth-order valence-corrected chi connectivity index (χ4v) is 5.39. The molecular formula is C30H31N5O2. The van der Waals surface area contributed by atoms with Gasteiger partial charge >= 0.3 is 0 Å². The van der Waals surface area contributed by atoms with Gasteiger partial charge in [0.05, 0.1) is 35.9 Å². The van der Waals surface area contributed by atoms with Crippen LogP contribution in [0.3, 0.4) is 0 Å². The summed E-state index contributed by atoms with van der Waals surface area (Å²) in [4.78, 5) is 20.6. The van der Waals surface area contributed by atoms with Crippen molar-refractivity contribution in [2.75, 3.05) is 31.6 Å². The molecule has 7 heteroatoms. The van der Waals surface area contributed by atoms with E-state index in [4.69, 9.17) is 9.73 Å². The average molecular weight is 494 g/mol. The lowest BCUT2D eigenvalue weighted by molar-refractivity contribution is -0.112. The van der Waals surface area contributed by atoms with Gasteiger partial charge in [-0.15, -0.1) is 0 Å². The van der Waals surface area contributed by atoms with E-state index in [1.807, 2.05) is 66.7 Å². The standard InChI is InChI=1S/C30H31N5O2/c1-37-28-20-23(19-22-13-17-34(18-14-22)26-10-6-5-7-24(26)21-31)11-15-32-29(30(28)36)27-12-16-33-35(27)25-8-3-2-4-9-25/h2-10,12,16,20,22-23H,11,13-15,17-19H2,1H3. The normalized spacial score (nSPS) is 18.9. The zero-order chi connectivity index (χ0) is 25.6. The Balaban J connectivity index is 1.27. The molecule has 2 aliphatic heterocycles. The van der Waals surface area contributed by atoms with Crippen LogP contribution in [0.15, 0.2) is 83.7 Å². The minimum Gasteiger partial charge on any atom is -0.493 e. The van der Waals surface area contributed by atoms with E-state index < -0.39 is 0 Å². The van der Waals surface area contributed by atoms with Crippen LogP contribution in [-0.2, 0) is 9.53 Å². The second-order valence-electron chi connectivity index (χ2n) is 9.60. The van der Waals surface area contributed by atoms with Gasteiger partial charge in [0.1, 0.15) is 11.8 Å². The number of aromatic nitrogens is 2. The number of carbonyl (C=O) groups is 1. The highest BCUT2D eigenvalue weighted by Gasteiger charge is 2.28. The monoisotopic (exact) mass is 493 g/mol. The third-order valence-corrected chi connectivity index (χ3v) is 7.32. The Hall–Kier alpha value is -4.18. The van der Waals surface area contributed by atoms with Gasteiger partial charge in [-0.2, -0.15) is 10.4 Å². The van der Waals surface area contributed by atoms with Gasteiger partial charge in [0, 0.05) is 19.6 Å². The maximum Gasteiger partial charge on any atom is 0.247 e. The summed E-state index contributed by atoms with van der Waals surface area (Å²) in [5.74, 6) is 0.936. The smallest absolute Gasteiger partial charge is 0.247 e. The number of nitriles is 1. The second-order valence-corrected chi connectivity index (χ2v) is 9.60. The van der Waals surface area contributed by atoms with E-state index in [1.165, 1.54) is 0 Å². The van der Waals surface area contributed by atoms with Crippen molar-refractivity contribution >= 4 is 17.2 Å². The Morgan fingerprint density at radius 2 is 1.78 bits per heavy atom. The first-order valence-corrected chi connectivity index (χ1v) is 12.9. The molecule has 188 valence electrons. The number of methoxy groups -OCH3 is 1. The van der Waals surface area contributed by atoms with Gasteiger partial charge in [0.15, 0.2) is 5.76 Å². The molecule has 1 fully saturated rings. The van der Waals surface area contributed by atoms with Crippen molar-refractivity contribution in [2.45, 2.75) is 25.7 Å². The van der Waals surface area contributed by atoms with Crippen LogP contribution in [0.1, 0.15) is 36.9 Å². The molecule has 1 saturated heterocycles. The lowest BCUT2D eigenvalue weighted by Gasteiger charge is -2.35. The second kappa shape index (κ2) is 11.3. The predicted octanol–water partition coefficient (Wildman–Crippen LogP) is 4.96. The Morgan fingerprint density at radius 3 is 2.54 bits per heavy atom. The molecule has 0 spiro atoms. The predicted molar refractivity (Wildman–Crippen MR) is 144 cm³/mol. The fraction of sp³-hybridized carbons (Fsp3) is 0.333. The number of piperidine rings is 1. The number of anilines is 1.